The molecule has 4 aromatic carbocycles. The molecule has 5 rings (SSSR count). The molecule has 0 saturated carbocycles. The standard InChI is InChI=1S/C47H53N5O12/c1-49(2)40-15-7-34(8-16-40)26-51(28-36-11-19-42(57-5)20-12-36)46(55)63-32-59-30-61-44(53)38-23-39(25-48-24-38)45(54)62-31-60-33-64-47(56)52(29-37-13-21-43(58-6)22-14-37)27-35-9-17-41(18-10-35)50(3)4/h7-25H,26-33H2,1-6H3. The van der Waals surface area contributed by atoms with Gasteiger partial charge in [0.05, 0.1) is 25.3 Å². The maximum absolute atomic E-state index is 13.2. The molecule has 17 heteroatoms. The minimum atomic E-state index is -0.855. The van der Waals surface area contributed by atoms with E-state index in [1.807, 2.05) is 111 Å². The van der Waals surface area contributed by atoms with Crippen LogP contribution in [0, 0.1) is 0 Å². The predicted octanol–water partition coefficient (Wildman–Crippen LogP) is 7.09. The Balaban J connectivity index is 1.05. The Kier molecular flexibility index (Phi) is 18.1. The number of methoxy groups -OCH3 is 2. The number of anilines is 2. The van der Waals surface area contributed by atoms with E-state index in [4.69, 9.17) is 37.9 Å². The zero-order valence-corrected chi connectivity index (χ0v) is 36.8. The molecule has 0 atom stereocenters. The number of aromatic nitrogens is 1. The van der Waals surface area contributed by atoms with Crippen LogP contribution in [0.4, 0.5) is 21.0 Å². The topological polar surface area (TPSA) is 168 Å². The third-order valence-corrected chi connectivity index (χ3v) is 9.52. The van der Waals surface area contributed by atoms with E-state index in [0.717, 1.165) is 33.6 Å². The molecule has 0 N–H and O–H groups in total. The molecule has 0 aliphatic heterocycles. The highest BCUT2D eigenvalue weighted by Crippen LogP contribution is 2.20. The number of amides is 2. The van der Waals surface area contributed by atoms with Crippen LogP contribution in [0.5, 0.6) is 11.5 Å². The molecule has 2 amide bonds. The van der Waals surface area contributed by atoms with Gasteiger partial charge in [-0.15, -0.1) is 0 Å². The number of pyridine rings is 1. The molecule has 0 fully saturated rings. The zero-order valence-electron chi connectivity index (χ0n) is 36.8. The molecular formula is C47H53N5O12. The fourth-order valence-corrected chi connectivity index (χ4v) is 5.97. The molecule has 5 aromatic rings. The summed E-state index contributed by atoms with van der Waals surface area (Å²) >= 11 is 0. The molecule has 0 radical (unpaired) electrons. The number of ether oxygens (including phenoxy) is 8. The summed E-state index contributed by atoms with van der Waals surface area (Å²) in [6.07, 6.45) is 1.10. The zero-order chi connectivity index (χ0) is 45.8. The molecule has 0 aliphatic rings. The lowest BCUT2D eigenvalue weighted by molar-refractivity contribution is -0.0951. The monoisotopic (exact) mass is 879 g/mol. The summed E-state index contributed by atoms with van der Waals surface area (Å²) in [7, 11) is 10.9. The first kappa shape index (κ1) is 47.7. The quantitative estimate of drug-likeness (QED) is 0.0299. The number of benzene rings is 4. The van der Waals surface area contributed by atoms with Crippen molar-refractivity contribution >= 4 is 35.5 Å². The molecule has 338 valence electrons. The highest BCUT2D eigenvalue weighted by Gasteiger charge is 2.20. The number of esters is 2. The third kappa shape index (κ3) is 14.9. The lowest BCUT2D eigenvalue weighted by Crippen LogP contribution is -2.31. The summed E-state index contributed by atoms with van der Waals surface area (Å²) in [5.74, 6) is -0.333. The SMILES string of the molecule is COc1ccc(CN(Cc2ccc(N(C)C)cc2)C(=O)OCOCOC(=O)c2cncc(C(=O)OCOCOC(=O)N(Cc3ccc(OC)cc3)Cc3ccc(N(C)C)cc3)c2)cc1. The van der Waals surface area contributed by atoms with Crippen molar-refractivity contribution in [3.63, 3.8) is 0 Å². The Morgan fingerprint density at radius 1 is 0.453 bits per heavy atom. The van der Waals surface area contributed by atoms with Crippen molar-refractivity contribution in [2.45, 2.75) is 26.2 Å². The van der Waals surface area contributed by atoms with Crippen molar-refractivity contribution in [1.29, 1.82) is 0 Å². The molecule has 0 aliphatic carbocycles. The average molecular weight is 880 g/mol. The molecule has 17 nitrogen and oxygen atoms in total. The highest BCUT2D eigenvalue weighted by atomic mass is 16.8. The molecule has 0 bridgehead atoms. The summed E-state index contributed by atoms with van der Waals surface area (Å²) in [6, 6.07) is 31.5. The van der Waals surface area contributed by atoms with Crippen LogP contribution in [0.15, 0.2) is 116 Å². The van der Waals surface area contributed by atoms with Crippen molar-refractivity contribution in [3.05, 3.63) is 149 Å². The summed E-state index contributed by atoms with van der Waals surface area (Å²) in [4.78, 5) is 62.8. The minimum Gasteiger partial charge on any atom is -0.497 e. The van der Waals surface area contributed by atoms with Crippen LogP contribution >= 0.6 is 0 Å². The Bertz CT molecular complexity index is 2100. The first-order valence-corrected chi connectivity index (χ1v) is 20.0. The van der Waals surface area contributed by atoms with E-state index in [-0.39, 0.29) is 37.3 Å². The summed E-state index contributed by atoms with van der Waals surface area (Å²) in [6.45, 7) is -1.11. The second-order valence-corrected chi connectivity index (χ2v) is 14.6. The van der Waals surface area contributed by atoms with Crippen LogP contribution in [0.3, 0.4) is 0 Å². The maximum atomic E-state index is 13.2. The number of rotatable bonds is 22. The van der Waals surface area contributed by atoms with Crippen LogP contribution in [-0.2, 0) is 54.6 Å². The van der Waals surface area contributed by atoms with Crippen LogP contribution < -0.4 is 19.3 Å². The van der Waals surface area contributed by atoms with E-state index < -0.39 is 51.3 Å². The Hall–Kier alpha value is -7.37. The molecule has 64 heavy (non-hydrogen) atoms. The Morgan fingerprint density at radius 2 is 0.766 bits per heavy atom. The van der Waals surface area contributed by atoms with E-state index in [2.05, 4.69) is 4.98 Å². The fourth-order valence-electron chi connectivity index (χ4n) is 5.97. The molecule has 1 heterocycles. The minimum absolute atomic E-state index is 0.0656. The van der Waals surface area contributed by atoms with Gasteiger partial charge in [-0.1, -0.05) is 48.5 Å². The van der Waals surface area contributed by atoms with Gasteiger partial charge in [-0.25, -0.2) is 19.2 Å². The highest BCUT2D eigenvalue weighted by molar-refractivity contribution is 5.94. The summed E-state index contributed by atoms with van der Waals surface area (Å²) in [5, 5.41) is 0. The average Bonchev–Trinajstić information content (AvgIpc) is 3.31. The van der Waals surface area contributed by atoms with Crippen molar-refractivity contribution in [3.8, 4) is 11.5 Å². The smallest absolute Gasteiger partial charge is 0.412 e. The van der Waals surface area contributed by atoms with E-state index in [1.165, 1.54) is 28.3 Å². The fraction of sp³-hybridized carbons (Fsp3) is 0.298. The molecule has 0 spiro atoms. The molecule has 0 unspecified atom stereocenters. The van der Waals surface area contributed by atoms with Gasteiger partial charge in [0.2, 0.25) is 0 Å². The number of carbonyl (C=O) groups excluding carboxylic acids is 4. The largest absolute Gasteiger partial charge is 0.497 e. The van der Waals surface area contributed by atoms with Gasteiger partial charge in [-0.3, -0.25) is 14.8 Å². The van der Waals surface area contributed by atoms with E-state index >= 15 is 0 Å². The van der Waals surface area contributed by atoms with Crippen molar-refractivity contribution in [2.75, 3.05) is 79.4 Å². The van der Waals surface area contributed by atoms with Gasteiger partial charge in [0.1, 0.15) is 11.5 Å². The second-order valence-electron chi connectivity index (χ2n) is 14.6. The van der Waals surface area contributed by atoms with Crippen LogP contribution in [0.1, 0.15) is 43.0 Å². The number of carbonyl (C=O) groups is 4. The van der Waals surface area contributed by atoms with Gasteiger partial charge in [0.25, 0.3) is 0 Å². The van der Waals surface area contributed by atoms with E-state index in [9.17, 15) is 19.2 Å². The number of hydrogen-bond acceptors (Lipinski definition) is 15. The summed E-state index contributed by atoms with van der Waals surface area (Å²) < 4.78 is 42.0. The Morgan fingerprint density at radius 3 is 1.08 bits per heavy atom. The summed E-state index contributed by atoms with van der Waals surface area (Å²) in [5.41, 5.74) is 5.39. The van der Waals surface area contributed by atoms with Gasteiger partial charge >= 0.3 is 24.1 Å². The van der Waals surface area contributed by atoms with Gasteiger partial charge in [-0.05, 0) is 76.9 Å². The lowest BCUT2D eigenvalue weighted by atomic mass is 10.1. The van der Waals surface area contributed by atoms with Gasteiger partial charge in [0.15, 0.2) is 27.2 Å². The van der Waals surface area contributed by atoms with E-state index in [1.54, 1.807) is 38.5 Å². The first-order chi connectivity index (χ1) is 30.9. The van der Waals surface area contributed by atoms with Crippen molar-refractivity contribution in [2.24, 2.45) is 0 Å². The second kappa shape index (κ2) is 24.3. The molecular weight excluding hydrogens is 827 g/mol. The third-order valence-electron chi connectivity index (χ3n) is 9.52. The number of hydrogen-bond donors (Lipinski definition) is 0. The lowest BCUT2D eigenvalue weighted by Gasteiger charge is -2.23. The van der Waals surface area contributed by atoms with Gasteiger partial charge in [-0.2, -0.15) is 0 Å². The van der Waals surface area contributed by atoms with Gasteiger partial charge < -0.3 is 47.7 Å². The van der Waals surface area contributed by atoms with Crippen LogP contribution in [0.2, 0.25) is 0 Å². The number of nitrogens with zero attached hydrogens (tertiary/aromatic N) is 5. The van der Waals surface area contributed by atoms with Gasteiger partial charge in [0, 0.05) is 78.1 Å². The molecule has 1 aromatic heterocycles. The maximum Gasteiger partial charge on any atom is 0.412 e. The molecule has 0 saturated heterocycles. The normalized spacial score (nSPS) is 10.6. The van der Waals surface area contributed by atoms with Crippen molar-refractivity contribution < 1.29 is 57.1 Å². The van der Waals surface area contributed by atoms with Crippen LogP contribution in [-0.4, -0.2) is 108 Å². The van der Waals surface area contributed by atoms with Crippen LogP contribution in [0.25, 0.3) is 0 Å². The van der Waals surface area contributed by atoms with Crippen molar-refractivity contribution in [1.82, 2.24) is 14.8 Å². The predicted molar refractivity (Wildman–Crippen MR) is 236 cm³/mol. The Labute approximate surface area is 372 Å². The van der Waals surface area contributed by atoms with E-state index in [0.29, 0.717) is 11.5 Å². The first-order valence-electron chi connectivity index (χ1n) is 20.0.